The van der Waals surface area contributed by atoms with Gasteiger partial charge in [-0.15, -0.1) is 0 Å². The molecule has 1 fully saturated rings. The van der Waals surface area contributed by atoms with Gasteiger partial charge in [0.15, 0.2) is 5.96 Å². The molecule has 0 saturated carbocycles. The summed E-state index contributed by atoms with van der Waals surface area (Å²) in [5.74, 6) is 2.40. The minimum Gasteiger partial charge on any atom is -0.497 e. The minimum atomic E-state index is 0.108. The number of benzene rings is 1. The maximum atomic E-state index is 11.7. The first-order valence-corrected chi connectivity index (χ1v) is 8.92. The van der Waals surface area contributed by atoms with Gasteiger partial charge in [-0.3, -0.25) is 9.79 Å². The lowest BCUT2D eigenvalue weighted by Crippen LogP contribution is -2.40. The lowest BCUT2D eigenvalue weighted by atomic mass is 9.98. The average Bonchev–Trinajstić information content (AvgIpc) is 3.10. The molecule has 1 atom stereocenters. The number of amides is 1. The summed E-state index contributed by atoms with van der Waals surface area (Å²) in [7, 11) is 5.24. The summed E-state index contributed by atoms with van der Waals surface area (Å²) >= 11 is 0. The molecule has 1 aromatic carbocycles. The Bertz CT molecular complexity index is 584. The van der Waals surface area contributed by atoms with Gasteiger partial charge >= 0.3 is 0 Å². The van der Waals surface area contributed by atoms with Crippen LogP contribution in [0.4, 0.5) is 0 Å². The van der Waals surface area contributed by atoms with E-state index in [1.165, 1.54) is 5.56 Å². The van der Waals surface area contributed by atoms with Crippen LogP contribution in [0.25, 0.3) is 0 Å². The van der Waals surface area contributed by atoms with Crippen molar-refractivity contribution in [2.45, 2.75) is 25.7 Å². The SMILES string of the molecule is CCNC(=NCCC(=O)N(C)C)N1CCC(c2ccc(OC)cc2)C1. The molecule has 25 heavy (non-hydrogen) atoms. The van der Waals surface area contributed by atoms with Crippen LogP contribution in [0.15, 0.2) is 29.3 Å². The second kappa shape index (κ2) is 9.30. The third-order valence-corrected chi connectivity index (χ3v) is 4.50. The summed E-state index contributed by atoms with van der Waals surface area (Å²) in [5.41, 5.74) is 1.34. The third-order valence-electron chi connectivity index (χ3n) is 4.50. The predicted molar refractivity (Wildman–Crippen MR) is 101 cm³/mol. The number of likely N-dealkylation sites (tertiary alicyclic amines) is 1. The van der Waals surface area contributed by atoms with Gasteiger partial charge in [0.2, 0.25) is 5.91 Å². The number of nitrogens with zero attached hydrogens (tertiary/aromatic N) is 3. The number of guanidine groups is 1. The third kappa shape index (κ3) is 5.37. The van der Waals surface area contributed by atoms with Gasteiger partial charge in [-0.25, -0.2) is 0 Å². The lowest BCUT2D eigenvalue weighted by molar-refractivity contribution is -0.128. The summed E-state index contributed by atoms with van der Waals surface area (Å²) in [6.07, 6.45) is 1.55. The van der Waals surface area contributed by atoms with Crippen molar-refractivity contribution >= 4 is 11.9 Å². The molecule has 0 aliphatic carbocycles. The van der Waals surface area contributed by atoms with E-state index in [9.17, 15) is 4.79 Å². The van der Waals surface area contributed by atoms with E-state index < -0.39 is 0 Å². The molecule has 1 amide bonds. The van der Waals surface area contributed by atoms with Crippen molar-refractivity contribution in [2.75, 3.05) is 47.4 Å². The molecule has 1 N–H and O–H groups in total. The number of methoxy groups -OCH3 is 1. The molecule has 138 valence electrons. The summed E-state index contributed by atoms with van der Waals surface area (Å²) in [5, 5.41) is 3.35. The number of hydrogen-bond donors (Lipinski definition) is 1. The first-order valence-electron chi connectivity index (χ1n) is 8.92. The van der Waals surface area contributed by atoms with Crippen molar-refractivity contribution in [3.63, 3.8) is 0 Å². The predicted octanol–water partition coefficient (Wildman–Crippen LogP) is 1.93. The molecule has 1 heterocycles. The zero-order valence-electron chi connectivity index (χ0n) is 15.8. The molecule has 0 bridgehead atoms. The Hall–Kier alpha value is -2.24. The van der Waals surface area contributed by atoms with Gasteiger partial charge in [0.1, 0.15) is 5.75 Å². The van der Waals surface area contributed by atoms with E-state index in [4.69, 9.17) is 4.74 Å². The van der Waals surface area contributed by atoms with Crippen molar-refractivity contribution in [1.82, 2.24) is 15.1 Å². The summed E-state index contributed by atoms with van der Waals surface area (Å²) in [6, 6.07) is 8.33. The summed E-state index contributed by atoms with van der Waals surface area (Å²) in [4.78, 5) is 20.2. The van der Waals surface area contributed by atoms with Crippen LogP contribution in [0.1, 0.15) is 31.2 Å². The molecule has 1 aliphatic rings. The number of hydrogen-bond acceptors (Lipinski definition) is 3. The number of aliphatic imine (C=N–C) groups is 1. The number of rotatable bonds is 6. The molecule has 6 nitrogen and oxygen atoms in total. The van der Waals surface area contributed by atoms with Crippen LogP contribution in [-0.2, 0) is 4.79 Å². The Morgan fingerprint density at radius 1 is 1.36 bits per heavy atom. The Kier molecular flexibility index (Phi) is 7.10. The van der Waals surface area contributed by atoms with E-state index >= 15 is 0 Å². The number of ether oxygens (including phenoxy) is 1. The number of nitrogens with one attached hydrogen (secondary N) is 1. The van der Waals surface area contributed by atoms with Gasteiger partial charge in [0.05, 0.1) is 13.7 Å². The average molecular weight is 346 g/mol. The zero-order valence-corrected chi connectivity index (χ0v) is 15.8. The van der Waals surface area contributed by atoms with Crippen LogP contribution < -0.4 is 10.1 Å². The van der Waals surface area contributed by atoms with Crippen molar-refractivity contribution in [1.29, 1.82) is 0 Å². The molecule has 0 spiro atoms. The summed E-state index contributed by atoms with van der Waals surface area (Å²) < 4.78 is 5.23. The van der Waals surface area contributed by atoms with Crippen LogP contribution in [0, 0.1) is 0 Å². The molecule has 1 unspecified atom stereocenters. The fourth-order valence-corrected chi connectivity index (χ4v) is 3.01. The van der Waals surface area contributed by atoms with Crippen LogP contribution >= 0.6 is 0 Å². The van der Waals surface area contributed by atoms with Gasteiger partial charge in [-0.05, 0) is 31.0 Å². The molecule has 1 aromatic rings. The van der Waals surface area contributed by atoms with Gasteiger partial charge in [0.25, 0.3) is 0 Å². The zero-order chi connectivity index (χ0) is 18.2. The molecule has 2 rings (SSSR count). The fraction of sp³-hybridized carbons (Fsp3) is 0.579. The highest BCUT2D eigenvalue weighted by Crippen LogP contribution is 2.28. The highest BCUT2D eigenvalue weighted by atomic mass is 16.5. The standard InChI is InChI=1S/C19H30N4O2/c1-5-20-19(21-12-10-18(24)22(2)3)23-13-11-16(14-23)15-6-8-17(25-4)9-7-15/h6-9,16H,5,10-14H2,1-4H3,(H,20,21). The molecule has 0 radical (unpaired) electrons. The highest BCUT2D eigenvalue weighted by molar-refractivity contribution is 5.81. The van der Waals surface area contributed by atoms with Crippen LogP contribution in [0.3, 0.4) is 0 Å². The van der Waals surface area contributed by atoms with Crippen LogP contribution in [-0.4, -0.2) is 69.1 Å². The summed E-state index contributed by atoms with van der Waals surface area (Å²) in [6.45, 7) is 5.33. The smallest absolute Gasteiger partial charge is 0.223 e. The minimum absolute atomic E-state index is 0.108. The number of carbonyl (C=O) groups is 1. The van der Waals surface area contributed by atoms with E-state index in [1.807, 2.05) is 12.1 Å². The molecule has 1 aliphatic heterocycles. The fourth-order valence-electron chi connectivity index (χ4n) is 3.01. The van der Waals surface area contributed by atoms with Crippen molar-refractivity contribution < 1.29 is 9.53 Å². The molecular formula is C19H30N4O2. The first-order chi connectivity index (χ1) is 12.0. The van der Waals surface area contributed by atoms with E-state index in [0.717, 1.165) is 37.8 Å². The Labute approximate surface area is 150 Å². The largest absolute Gasteiger partial charge is 0.497 e. The molecule has 1 saturated heterocycles. The van der Waals surface area contributed by atoms with E-state index in [0.29, 0.717) is 18.9 Å². The van der Waals surface area contributed by atoms with Crippen molar-refractivity contribution in [3.8, 4) is 5.75 Å². The van der Waals surface area contributed by atoms with Gasteiger partial charge in [0, 0.05) is 46.1 Å². The quantitative estimate of drug-likeness (QED) is 0.632. The number of carbonyl (C=O) groups excluding carboxylic acids is 1. The van der Waals surface area contributed by atoms with Gasteiger partial charge in [-0.2, -0.15) is 0 Å². The topological polar surface area (TPSA) is 57.2 Å². The maximum Gasteiger partial charge on any atom is 0.223 e. The van der Waals surface area contributed by atoms with Crippen molar-refractivity contribution in [2.24, 2.45) is 4.99 Å². The Morgan fingerprint density at radius 3 is 2.68 bits per heavy atom. The Morgan fingerprint density at radius 2 is 2.08 bits per heavy atom. The van der Waals surface area contributed by atoms with E-state index in [2.05, 4.69) is 34.3 Å². The normalized spacial score (nSPS) is 17.5. The molecule has 0 aromatic heterocycles. The van der Waals surface area contributed by atoms with Crippen molar-refractivity contribution in [3.05, 3.63) is 29.8 Å². The maximum absolute atomic E-state index is 11.7. The Balaban J connectivity index is 1.96. The van der Waals surface area contributed by atoms with Crippen LogP contribution in [0.2, 0.25) is 0 Å². The van der Waals surface area contributed by atoms with E-state index in [1.54, 1.807) is 26.1 Å². The van der Waals surface area contributed by atoms with Crippen LogP contribution in [0.5, 0.6) is 5.75 Å². The highest BCUT2D eigenvalue weighted by Gasteiger charge is 2.26. The second-order valence-corrected chi connectivity index (χ2v) is 6.48. The van der Waals surface area contributed by atoms with E-state index in [-0.39, 0.29) is 5.91 Å². The second-order valence-electron chi connectivity index (χ2n) is 6.48. The molecular weight excluding hydrogens is 316 g/mol. The van der Waals surface area contributed by atoms with Gasteiger partial charge in [-0.1, -0.05) is 12.1 Å². The lowest BCUT2D eigenvalue weighted by Gasteiger charge is -2.22. The molecule has 6 heteroatoms. The monoisotopic (exact) mass is 346 g/mol. The van der Waals surface area contributed by atoms with Gasteiger partial charge < -0.3 is 19.9 Å². The first kappa shape index (κ1) is 19.1.